The Morgan fingerprint density at radius 3 is 2.47 bits per heavy atom. The first-order chi connectivity index (χ1) is 8.79. The zero-order valence-corrected chi connectivity index (χ0v) is 12.3. The van der Waals surface area contributed by atoms with Crippen molar-refractivity contribution in [2.24, 2.45) is 0 Å². The van der Waals surface area contributed by atoms with Gasteiger partial charge in [-0.05, 0) is 50.0 Å². The van der Waals surface area contributed by atoms with E-state index in [1.54, 1.807) is 0 Å². The fourth-order valence-corrected chi connectivity index (χ4v) is 2.35. The molecule has 1 aliphatic heterocycles. The fourth-order valence-electron chi connectivity index (χ4n) is 2.35. The van der Waals surface area contributed by atoms with Gasteiger partial charge in [-0.1, -0.05) is 25.5 Å². The Bertz CT molecular complexity index is 386. The Morgan fingerprint density at radius 1 is 1.26 bits per heavy atom. The summed E-state index contributed by atoms with van der Waals surface area (Å²) >= 11 is 0. The molecule has 0 bridgehead atoms. The Labute approximate surface area is 121 Å². The molecule has 0 aliphatic carbocycles. The van der Waals surface area contributed by atoms with Crippen molar-refractivity contribution in [3.05, 3.63) is 35.4 Å². The Hall–Kier alpha value is -1.06. The largest absolute Gasteiger partial charge is 0.349 e. The van der Waals surface area contributed by atoms with Crippen molar-refractivity contribution < 1.29 is 4.79 Å². The predicted molar refractivity (Wildman–Crippen MR) is 81.0 cm³/mol. The van der Waals surface area contributed by atoms with E-state index in [1.807, 2.05) is 12.1 Å². The van der Waals surface area contributed by atoms with Gasteiger partial charge in [0.1, 0.15) is 0 Å². The van der Waals surface area contributed by atoms with Crippen LogP contribution in [0.25, 0.3) is 0 Å². The summed E-state index contributed by atoms with van der Waals surface area (Å²) in [6.07, 6.45) is 4.27. The first kappa shape index (κ1) is 16.0. The number of carbonyl (C=O) groups is 1. The number of hydrogen-bond donors (Lipinski definition) is 2. The van der Waals surface area contributed by atoms with Crippen molar-refractivity contribution in [2.75, 3.05) is 13.1 Å². The predicted octanol–water partition coefficient (Wildman–Crippen LogP) is 2.54. The lowest BCUT2D eigenvalue weighted by molar-refractivity contribution is 0.0929. The lowest BCUT2D eigenvalue weighted by Crippen LogP contribution is -2.42. The first-order valence-electron chi connectivity index (χ1n) is 6.90. The highest BCUT2D eigenvalue weighted by Gasteiger charge is 2.16. The molecule has 1 aromatic carbocycles. The van der Waals surface area contributed by atoms with Crippen LogP contribution in [0.1, 0.15) is 42.1 Å². The smallest absolute Gasteiger partial charge is 0.251 e. The van der Waals surface area contributed by atoms with Crippen molar-refractivity contribution >= 4 is 18.3 Å². The summed E-state index contributed by atoms with van der Waals surface area (Å²) in [5.74, 6) is 0.0601. The van der Waals surface area contributed by atoms with Gasteiger partial charge >= 0.3 is 0 Å². The molecule has 3 nitrogen and oxygen atoms in total. The van der Waals surface area contributed by atoms with Gasteiger partial charge in [0, 0.05) is 11.6 Å². The molecule has 1 saturated heterocycles. The van der Waals surface area contributed by atoms with Crippen LogP contribution >= 0.6 is 12.4 Å². The van der Waals surface area contributed by atoms with Gasteiger partial charge in [0.25, 0.3) is 5.91 Å². The molecule has 106 valence electrons. The number of aryl methyl sites for hydroxylation is 1. The molecule has 2 rings (SSSR count). The van der Waals surface area contributed by atoms with E-state index in [0.717, 1.165) is 44.3 Å². The summed E-state index contributed by atoms with van der Waals surface area (Å²) in [6.45, 7) is 4.17. The second-order valence-corrected chi connectivity index (χ2v) is 4.94. The molecule has 4 heteroatoms. The van der Waals surface area contributed by atoms with Crippen LogP contribution in [-0.2, 0) is 6.42 Å². The molecule has 19 heavy (non-hydrogen) atoms. The van der Waals surface area contributed by atoms with Crippen LogP contribution < -0.4 is 10.6 Å². The number of carbonyl (C=O) groups excluding carboxylic acids is 1. The van der Waals surface area contributed by atoms with Gasteiger partial charge in [0.2, 0.25) is 0 Å². The fraction of sp³-hybridized carbons (Fsp3) is 0.533. The Balaban J connectivity index is 0.00000180. The summed E-state index contributed by atoms with van der Waals surface area (Å²) < 4.78 is 0. The second-order valence-electron chi connectivity index (χ2n) is 4.94. The third-order valence-electron chi connectivity index (χ3n) is 3.43. The van der Waals surface area contributed by atoms with Gasteiger partial charge in [-0.2, -0.15) is 0 Å². The molecule has 0 atom stereocenters. The summed E-state index contributed by atoms with van der Waals surface area (Å²) in [4.78, 5) is 12.1. The lowest BCUT2D eigenvalue weighted by Gasteiger charge is -2.23. The van der Waals surface area contributed by atoms with E-state index in [2.05, 4.69) is 29.7 Å². The highest BCUT2D eigenvalue weighted by atomic mass is 35.5. The van der Waals surface area contributed by atoms with E-state index >= 15 is 0 Å². The van der Waals surface area contributed by atoms with E-state index in [1.165, 1.54) is 5.56 Å². The molecule has 2 N–H and O–H groups in total. The molecule has 1 aromatic rings. The van der Waals surface area contributed by atoms with Crippen LogP contribution in [0.2, 0.25) is 0 Å². The number of halogens is 1. The summed E-state index contributed by atoms with van der Waals surface area (Å²) in [6, 6.07) is 8.30. The maximum atomic E-state index is 12.1. The van der Waals surface area contributed by atoms with Crippen LogP contribution in [0.5, 0.6) is 0 Å². The average Bonchev–Trinajstić information content (AvgIpc) is 2.41. The van der Waals surface area contributed by atoms with Crippen LogP contribution in [0.4, 0.5) is 0 Å². The van der Waals surface area contributed by atoms with Gasteiger partial charge < -0.3 is 10.6 Å². The number of rotatable bonds is 4. The number of hydrogen-bond acceptors (Lipinski definition) is 2. The molecular weight excluding hydrogens is 260 g/mol. The molecule has 0 spiro atoms. The highest BCUT2D eigenvalue weighted by Crippen LogP contribution is 2.08. The third kappa shape index (κ3) is 4.84. The van der Waals surface area contributed by atoms with Crippen molar-refractivity contribution in [1.29, 1.82) is 0 Å². The summed E-state index contributed by atoms with van der Waals surface area (Å²) in [5.41, 5.74) is 2.07. The van der Waals surface area contributed by atoms with Crippen LogP contribution in [-0.4, -0.2) is 25.0 Å². The minimum atomic E-state index is 0. The number of nitrogens with one attached hydrogen (secondary N) is 2. The van der Waals surface area contributed by atoms with Crippen molar-refractivity contribution in [2.45, 2.75) is 38.6 Å². The SMILES string of the molecule is CCCc1ccc(C(=O)NC2CCNCC2)cc1.Cl. The summed E-state index contributed by atoms with van der Waals surface area (Å²) in [5, 5.41) is 6.41. The molecule has 1 fully saturated rings. The molecule has 0 aromatic heterocycles. The normalized spacial score (nSPS) is 15.6. The monoisotopic (exact) mass is 282 g/mol. The van der Waals surface area contributed by atoms with Gasteiger partial charge in [-0.25, -0.2) is 0 Å². The van der Waals surface area contributed by atoms with Crippen molar-refractivity contribution in [1.82, 2.24) is 10.6 Å². The van der Waals surface area contributed by atoms with Gasteiger partial charge in [-0.15, -0.1) is 12.4 Å². The molecule has 0 unspecified atom stereocenters. The maximum absolute atomic E-state index is 12.1. The Kier molecular flexibility index (Phi) is 6.89. The van der Waals surface area contributed by atoms with E-state index in [0.29, 0.717) is 6.04 Å². The Morgan fingerprint density at radius 2 is 1.89 bits per heavy atom. The minimum absolute atomic E-state index is 0. The lowest BCUT2D eigenvalue weighted by atomic mass is 10.0. The zero-order chi connectivity index (χ0) is 12.8. The molecular formula is C15H23ClN2O. The van der Waals surface area contributed by atoms with E-state index < -0.39 is 0 Å². The highest BCUT2D eigenvalue weighted by molar-refractivity contribution is 5.94. The molecule has 0 saturated carbocycles. The molecule has 1 aliphatic rings. The molecule has 1 heterocycles. The maximum Gasteiger partial charge on any atom is 0.251 e. The van der Waals surface area contributed by atoms with Crippen molar-refractivity contribution in [3.8, 4) is 0 Å². The quantitative estimate of drug-likeness (QED) is 0.891. The van der Waals surface area contributed by atoms with Crippen molar-refractivity contribution in [3.63, 3.8) is 0 Å². The average molecular weight is 283 g/mol. The summed E-state index contributed by atoms with van der Waals surface area (Å²) in [7, 11) is 0. The van der Waals surface area contributed by atoms with Gasteiger partial charge in [-0.3, -0.25) is 4.79 Å². The van der Waals surface area contributed by atoms with Crippen LogP contribution in [0.3, 0.4) is 0 Å². The topological polar surface area (TPSA) is 41.1 Å². The van der Waals surface area contributed by atoms with E-state index in [-0.39, 0.29) is 18.3 Å². The molecule has 1 amide bonds. The van der Waals surface area contributed by atoms with E-state index in [9.17, 15) is 4.79 Å². The van der Waals surface area contributed by atoms with E-state index in [4.69, 9.17) is 0 Å². The zero-order valence-electron chi connectivity index (χ0n) is 11.4. The van der Waals surface area contributed by atoms with Crippen LogP contribution in [0, 0.1) is 0 Å². The van der Waals surface area contributed by atoms with Crippen LogP contribution in [0.15, 0.2) is 24.3 Å². The second kappa shape index (κ2) is 8.18. The number of piperidine rings is 1. The number of amides is 1. The first-order valence-corrected chi connectivity index (χ1v) is 6.90. The standard InChI is InChI=1S/C15H22N2O.ClH/c1-2-3-12-4-6-13(7-5-12)15(18)17-14-8-10-16-11-9-14;/h4-7,14,16H,2-3,8-11H2,1H3,(H,17,18);1H. The third-order valence-corrected chi connectivity index (χ3v) is 3.43. The molecule has 0 radical (unpaired) electrons. The minimum Gasteiger partial charge on any atom is -0.349 e. The van der Waals surface area contributed by atoms with Gasteiger partial charge in [0.05, 0.1) is 0 Å². The number of benzene rings is 1. The van der Waals surface area contributed by atoms with Gasteiger partial charge in [0.15, 0.2) is 0 Å².